The molecule has 19 heavy (non-hydrogen) atoms. The lowest BCUT2D eigenvalue weighted by molar-refractivity contribution is -0.119. The molecule has 3 N–H and O–H groups in total. The van der Waals surface area contributed by atoms with Crippen molar-refractivity contribution in [1.82, 2.24) is 4.98 Å². The van der Waals surface area contributed by atoms with Crippen molar-refractivity contribution in [3.05, 3.63) is 17.8 Å². The van der Waals surface area contributed by atoms with E-state index in [9.17, 15) is 18.0 Å². The third-order valence-electron chi connectivity index (χ3n) is 2.28. The van der Waals surface area contributed by atoms with Crippen LogP contribution in [0.1, 0.15) is 23.7 Å². The maximum Gasteiger partial charge on any atom is 0.405 e. The molecule has 0 unspecified atom stereocenters. The molecule has 1 heterocycles. The minimum atomic E-state index is -4.44. The number of nitrogens with two attached hydrogens (primary N) is 1. The minimum absolute atomic E-state index is 0.0523. The first-order chi connectivity index (χ1) is 8.74. The van der Waals surface area contributed by atoms with Crippen molar-refractivity contribution >= 4 is 17.5 Å². The van der Waals surface area contributed by atoms with Gasteiger partial charge in [0.1, 0.15) is 17.9 Å². The second-order valence-corrected chi connectivity index (χ2v) is 3.98. The van der Waals surface area contributed by atoms with E-state index in [0.717, 1.165) is 17.2 Å². The third kappa shape index (κ3) is 4.31. The maximum absolute atomic E-state index is 12.5. The summed E-state index contributed by atoms with van der Waals surface area (Å²) in [6, 6.07) is 1.10. The van der Waals surface area contributed by atoms with Crippen LogP contribution in [0.5, 0.6) is 0 Å². The summed E-state index contributed by atoms with van der Waals surface area (Å²) < 4.78 is 37.5. The Morgan fingerprint density at radius 2 is 2.16 bits per heavy atom. The van der Waals surface area contributed by atoms with E-state index >= 15 is 0 Å². The number of aromatic nitrogens is 1. The molecule has 0 amide bonds. The molecule has 0 fully saturated rings. The van der Waals surface area contributed by atoms with Crippen molar-refractivity contribution in [2.24, 2.45) is 0 Å². The zero-order chi connectivity index (χ0) is 14.6. The van der Waals surface area contributed by atoms with E-state index in [2.05, 4.69) is 4.98 Å². The van der Waals surface area contributed by atoms with Gasteiger partial charge in [-0.15, -0.1) is 0 Å². The van der Waals surface area contributed by atoms with Gasteiger partial charge in [0.15, 0.2) is 0 Å². The molecule has 0 saturated heterocycles. The number of carboxylic acid groups (broad SMARTS) is 1. The van der Waals surface area contributed by atoms with Crippen LogP contribution in [0.3, 0.4) is 0 Å². The van der Waals surface area contributed by atoms with Crippen LogP contribution in [-0.4, -0.2) is 35.3 Å². The molecule has 106 valence electrons. The normalized spacial score (nSPS) is 11.4. The van der Waals surface area contributed by atoms with Gasteiger partial charge in [-0.1, -0.05) is 6.92 Å². The first-order valence-electron chi connectivity index (χ1n) is 5.55. The lowest BCUT2D eigenvalue weighted by atomic mass is 10.2. The summed E-state index contributed by atoms with van der Waals surface area (Å²) in [5.41, 5.74) is 5.15. The number of anilines is 2. The number of rotatable bonds is 5. The summed E-state index contributed by atoms with van der Waals surface area (Å²) in [5, 5.41) is 9.00. The van der Waals surface area contributed by atoms with Gasteiger partial charge >= 0.3 is 12.1 Å². The Kier molecular flexibility index (Phi) is 4.57. The van der Waals surface area contributed by atoms with Gasteiger partial charge in [-0.05, 0) is 12.5 Å². The van der Waals surface area contributed by atoms with Gasteiger partial charge in [0.05, 0.1) is 11.9 Å². The molecule has 1 rings (SSSR count). The van der Waals surface area contributed by atoms with Crippen molar-refractivity contribution in [2.75, 3.05) is 23.7 Å². The van der Waals surface area contributed by atoms with Crippen LogP contribution >= 0.6 is 0 Å². The molecule has 8 heteroatoms. The van der Waals surface area contributed by atoms with Crippen molar-refractivity contribution in [3.8, 4) is 0 Å². The van der Waals surface area contributed by atoms with Crippen LogP contribution in [0.25, 0.3) is 0 Å². The number of hydrogen-bond donors (Lipinski definition) is 2. The molecule has 0 bridgehead atoms. The summed E-state index contributed by atoms with van der Waals surface area (Å²) >= 11 is 0. The number of carbonyl (C=O) groups is 1. The zero-order valence-corrected chi connectivity index (χ0v) is 10.2. The third-order valence-corrected chi connectivity index (χ3v) is 2.28. The number of carboxylic acids is 1. The Morgan fingerprint density at radius 1 is 1.53 bits per heavy atom. The average molecular weight is 277 g/mol. The van der Waals surface area contributed by atoms with Gasteiger partial charge < -0.3 is 15.7 Å². The molecule has 1 aromatic heterocycles. The van der Waals surface area contributed by atoms with Crippen molar-refractivity contribution in [3.63, 3.8) is 0 Å². The maximum atomic E-state index is 12.5. The quantitative estimate of drug-likeness (QED) is 0.862. The topological polar surface area (TPSA) is 79.5 Å². The van der Waals surface area contributed by atoms with Gasteiger partial charge in [-0.25, -0.2) is 9.78 Å². The number of nitrogen functional groups attached to an aromatic ring is 1. The Labute approximate surface area is 107 Å². The summed E-state index contributed by atoms with van der Waals surface area (Å²) in [6.07, 6.45) is -2.87. The van der Waals surface area contributed by atoms with Gasteiger partial charge in [-0.2, -0.15) is 13.2 Å². The number of hydrogen-bond acceptors (Lipinski definition) is 4. The first kappa shape index (κ1) is 15.1. The highest BCUT2D eigenvalue weighted by Crippen LogP contribution is 2.25. The fourth-order valence-corrected chi connectivity index (χ4v) is 1.63. The molecular formula is C11H14F3N3O2. The molecule has 0 radical (unpaired) electrons. The molecule has 0 aliphatic carbocycles. The van der Waals surface area contributed by atoms with Crippen molar-refractivity contribution in [2.45, 2.75) is 19.5 Å². The molecule has 0 atom stereocenters. The van der Waals surface area contributed by atoms with Crippen LogP contribution in [-0.2, 0) is 0 Å². The van der Waals surface area contributed by atoms with E-state index in [1.54, 1.807) is 6.92 Å². The van der Waals surface area contributed by atoms with E-state index in [1.807, 2.05) is 0 Å². The van der Waals surface area contributed by atoms with E-state index in [0.29, 0.717) is 6.42 Å². The monoisotopic (exact) mass is 277 g/mol. The molecule has 0 aliphatic heterocycles. The van der Waals surface area contributed by atoms with E-state index in [-0.39, 0.29) is 23.6 Å². The Hall–Kier alpha value is -1.99. The number of halogens is 3. The van der Waals surface area contributed by atoms with Crippen LogP contribution in [0, 0.1) is 0 Å². The number of pyridine rings is 1. The smallest absolute Gasteiger partial charge is 0.405 e. The molecule has 0 aromatic carbocycles. The molecular weight excluding hydrogens is 263 g/mol. The standard InChI is InChI=1S/C11H14F3N3O2/c1-2-3-17(6-11(12,13)14)9-8(10(18)19)4-7(15)5-16-9/h4-5H,2-3,6,15H2,1H3,(H,18,19). The van der Waals surface area contributed by atoms with E-state index < -0.39 is 18.7 Å². The zero-order valence-electron chi connectivity index (χ0n) is 10.2. The largest absolute Gasteiger partial charge is 0.478 e. The average Bonchev–Trinajstić information content (AvgIpc) is 2.26. The Balaban J connectivity index is 3.18. The van der Waals surface area contributed by atoms with Crippen molar-refractivity contribution < 1.29 is 23.1 Å². The highest BCUT2D eigenvalue weighted by atomic mass is 19.4. The van der Waals surface area contributed by atoms with Gasteiger partial charge in [-0.3, -0.25) is 0 Å². The number of nitrogens with zero attached hydrogens (tertiary/aromatic N) is 2. The second-order valence-electron chi connectivity index (χ2n) is 3.98. The van der Waals surface area contributed by atoms with Crippen LogP contribution in [0.2, 0.25) is 0 Å². The predicted molar refractivity (Wildman–Crippen MR) is 64.2 cm³/mol. The molecule has 0 spiro atoms. The summed E-state index contributed by atoms with van der Waals surface area (Å²) in [4.78, 5) is 15.7. The highest BCUT2D eigenvalue weighted by Gasteiger charge is 2.32. The minimum Gasteiger partial charge on any atom is -0.478 e. The van der Waals surface area contributed by atoms with Crippen LogP contribution in [0.4, 0.5) is 24.7 Å². The molecule has 1 aromatic rings. The SMILES string of the molecule is CCCN(CC(F)(F)F)c1ncc(N)cc1C(=O)O. The lowest BCUT2D eigenvalue weighted by Crippen LogP contribution is -2.36. The summed E-state index contributed by atoms with van der Waals surface area (Å²) in [5.74, 6) is -1.58. The fraction of sp³-hybridized carbons (Fsp3) is 0.455. The summed E-state index contributed by atoms with van der Waals surface area (Å²) in [7, 11) is 0. The van der Waals surface area contributed by atoms with Crippen molar-refractivity contribution in [1.29, 1.82) is 0 Å². The van der Waals surface area contributed by atoms with Crippen LogP contribution in [0.15, 0.2) is 12.3 Å². The summed E-state index contributed by atoms with van der Waals surface area (Å²) in [6.45, 7) is 0.496. The second kappa shape index (κ2) is 5.77. The predicted octanol–water partition coefficient (Wildman–Crippen LogP) is 2.14. The van der Waals surface area contributed by atoms with E-state index in [4.69, 9.17) is 10.8 Å². The number of aromatic carboxylic acids is 1. The van der Waals surface area contributed by atoms with E-state index in [1.165, 1.54) is 0 Å². The number of alkyl halides is 3. The Morgan fingerprint density at radius 3 is 2.63 bits per heavy atom. The highest BCUT2D eigenvalue weighted by molar-refractivity contribution is 5.94. The Bertz CT molecular complexity index is 463. The fourth-order valence-electron chi connectivity index (χ4n) is 1.63. The first-order valence-corrected chi connectivity index (χ1v) is 5.55. The van der Waals surface area contributed by atoms with Gasteiger partial charge in [0.2, 0.25) is 0 Å². The molecule has 5 nitrogen and oxygen atoms in total. The van der Waals surface area contributed by atoms with Gasteiger partial charge in [0.25, 0.3) is 0 Å². The van der Waals surface area contributed by atoms with Gasteiger partial charge in [0, 0.05) is 6.54 Å². The van der Waals surface area contributed by atoms with Crippen LogP contribution < -0.4 is 10.6 Å². The molecule has 0 aliphatic rings. The lowest BCUT2D eigenvalue weighted by Gasteiger charge is -2.25. The molecule has 0 saturated carbocycles.